The first-order valence-electron chi connectivity index (χ1n) is 16.2. The highest BCUT2D eigenvalue weighted by atomic mass is 35.5. The molecule has 1 aromatic heterocycles. The molecule has 3 aromatic carbocycles. The number of nitrogens with zero attached hydrogens (tertiary/aromatic N) is 2. The molecular formula is C38H43ClN2O5S. The van der Waals surface area contributed by atoms with Gasteiger partial charge in [0.15, 0.2) is 5.78 Å². The van der Waals surface area contributed by atoms with Gasteiger partial charge in [0.1, 0.15) is 10.6 Å². The number of thiophene rings is 1. The summed E-state index contributed by atoms with van der Waals surface area (Å²) in [5.41, 5.74) is 3.26. The van der Waals surface area contributed by atoms with Crippen LogP contribution in [0.25, 0.3) is 21.2 Å². The summed E-state index contributed by atoms with van der Waals surface area (Å²) in [4.78, 5) is 42.7. The maximum absolute atomic E-state index is 14.6. The van der Waals surface area contributed by atoms with Gasteiger partial charge >= 0.3 is 6.09 Å². The number of carboxylic acid groups (broad SMARTS) is 1. The maximum atomic E-state index is 14.6. The fourth-order valence-electron chi connectivity index (χ4n) is 6.45. The topological polar surface area (TPSA) is 87.2 Å². The molecule has 1 saturated carbocycles. The number of amides is 2. The van der Waals surface area contributed by atoms with Crippen LogP contribution in [0.5, 0.6) is 5.75 Å². The number of carbonyl (C=O) groups excluding carboxylic acids is 2. The molecule has 0 spiro atoms. The van der Waals surface area contributed by atoms with E-state index in [1.54, 1.807) is 11.8 Å². The molecule has 1 fully saturated rings. The first-order chi connectivity index (χ1) is 22.4. The van der Waals surface area contributed by atoms with Gasteiger partial charge in [-0.15, -0.1) is 11.3 Å². The number of benzene rings is 3. The van der Waals surface area contributed by atoms with Gasteiger partial charge in [-0.3, -0.25) is 9.59 Å². The summed E-state index contributed by atoms with van der Waals surface area (Å²) in [6.07, 6.45) is 1.77. The van der Waals surface area contributed by atoms with Crippen molar-refractivity contribution in [1.82, 2.24) is 9.80 Å². The lowest BCUT2D eigenvalue weighted by Gasteiger charge is -2.41. The summed E-state index contributed by atoms with van der Waals surface area (Å²) < 4.78 is 7.02. The molecule has 0 unspecified atom stereocenters. The van der Waals surface area contributed by atoms with Crippen molar-refractivity contribution >= 4 is 50.8 Å². The summed E-state index contributed by atoms with van der Waals surface area (Å²) in [5, 5.41) is 11.4. The molecular weight excluding hydrogens is 632 g/mol. The molecule has 0 saturated heterocycles. The molecule has 2 amide bonds. The van der Waals surface area contributed by atoms with Crippen molar-refractivity contribution in [3.8, 4) is 16.9 Å². The van der Waals surface area contributed by atoms with E-state index in [1.807, 2.05) is 93.3 Å². The number of carbonyl (C=O) groups is 3. The third-order valence-corrected chi connectivity index (χ3v) is 10.4. The fourth-order valence-corrected chi connectivity index (χ4v) is 7.92. The Hall–Kier alpha value is -3.88. The summed E-state index contributed by atoms with van der Waals surface area (Å²) in [7, 11) is 0. The number of fused-ring (bicyclic) bond motifs is 1. The second-order valence-electron chi connectivity index (χ2n) is 13.5. The van der Waals surface area contributed by atoms with E-state index in [9.17, 15) is 19.5 Å². The zero-order valence-corrected chi connectivity index (χ0v) is 29.3. The van der Waals surface area contributed by atoms with Gasteiger partial charge in [-0.1, -0.05) is 80.9 Å². The minimum atomic E-state index is -0.900. The Morgan fingerprint density at radius 1 is 0.915 bits per heavy atom. The van der Waals surface area contributed by atoms with Crippen molar-refractivity contribution in [2.24, 2.45) is 5.41 Å². The summed E-state index contributed by atoms with van der Waals surface area (Å²) in [6.45, 7) is 10.9. The molecule has 7 nitrogen and oxygen atoms in total. The summed E-state index contributed by atoms with van der Waals surface area (Å²) >= 11 is 8.26. The molecule has 1 N–H and O–H groups in total. The van der Waals surface area contributed by atoms with Crippen LogP contribution in [-0.4, -0.2) is 57.9 Å². The SMILES string of the molecule is CCOc1ccc(-c2ccc(C(C)=O)cc2)cc1CN(C(=O)c1sc2ccccc2c1Cl)C1CCC(N(CC(C)(C)C)C(=O)O)CC1. The Kier molecular flexibility index (Phi) is 10.6. The first kappa shape index (κ1) is 34.5. The minimum Gasteiger partial charge on any atom is -0.494 e. The van der Waals surface area contributed by atoms with Crippen LogP contribution in [0.15, 0.2) is 66.7 Å². The normalized spacial score (nSPS) is 16.6. The van der Waals surface area contributed by atoms with Crippen LogP contribution in [0.3, 0.4) is 0 Å². The van der Waals surface area contributed by atoms with E-state index in [0.29, 0.717) is 66.6 Å². The third-order valence-electron chi connectivity index (χ3n) is 8.75. The average Bonchev–Trinajstić information content (AvgIpc) is 3.38. The Balaban J connectivity index is 1.50. The van der Waals surface area contributed by atoms with E-state index in [0.717, 1.165) is 26.8 Å². The molecule has 0 aliphatic heterocycles. The smallest absolute Gasteiger partial charge is 0.407 e. The van der Waals surface area contributed by atoms with E-state index in [-0.39, 0.29) is 29.2 Å². The van der Waals surface area contributed by atoms with Crippen LogP contribution in [0, 0.1) is 5.41 Å². The predicted molar refractivity (Wildman–Crippen MR) is 190 cm³/mol. The maximum Gasteiger partial charge on any atom is 0.407 e. The van der Waals surface area contributed by atoms with Gasteiger partial charge in [0, 0.05) is 46.4 Å². The van der Waals surface area contributed by atoms with Crippen LogP contribution in [0.1, 0.15) is 85.9 Å². The Morgan fingerprint density at radius 3 is 2.11 bits per heavy atom. The zero-order valence-electron chi connectivity index (χ0n) is 27.7. The third kappa shape index (κ3) is 7.99. The van der Waals surface area contributed by atoms with Crippen LogP contribution in [0.2, 0.25) is 5.02 Å². The standard InChI is InChI=1S/C38H43ClN2O5S/c1-6-46-32-20-15-27(26-13-11-25(12-14-26)24(2)42)21-28(32)22-40(36(43)35-34(39)31-9-7-8-10-33(31)47-35)29-16-18-30(19-17-29)41(37(44)45)23-38(3,4)5/h7-15,20-21,29-30H,6,16-19,22-23H2,1-5H3,(H,44,45). The number of ether oxygens (including phenoxy) is 1. The van der Waals surface area contributed by atoms with Gasteiger partial charge < -0.3 is 19.6 Å². The van der Waals surface area contributed by atoms with Gasteiger partial charge in [-0.25, -0.2) is 4.79 Å². The van der Waals surface area contributed by atoms with E-state index in [4.69, 9.17) is 16.3 Å². The second-order valence-corrected chi connectivity index (χ2v) is 14.9. The Bertz CT molecular complexity index is 1750. The number of hydrogen-bond acceptors (Lipinski definition) is 5. The van der Waals surface area contributed by atoms with Gasteiger partial charge in [0.05, 0.1) is 11.6 Å². The summed E-state index contributed by atoms with van der Waals surface area (Å²) in [5.74, 6) is 0.577. The predicted octanol–water partition coefficient (Wildman–Crippen LogP) is 9.80. The average molecular weight is 675 g/mol. The highest BCUT2D eigenvalue weighted by Crippen LogP contribution is 2.39. The van der Waals surface area contributed by atoms with Crippen molar-refractivity contribution < 1.29 is 24.2 Å². The molecule has 1 heterocycles. The van der Waals surface area contributed by atoms with Crippen molar-refractivity contribution in [3.05, 3.63) is 87.8 Å². The Labute approximate surface area is 286 Å². The molecule has 1 aliphatic carbocycles. The number of rotatable bonds is 10. The second kappa shape index (κ2) is 14.5. The van der Waals surface area contributed by atoms with Crippen LogP contribution >= 0.6 is 22.9 Å². The van der Waals surface area contributed by atoms with Crippen LogP contribution < -0.4 is 4.74 Å². The molecule has 1 aliphatic rings. The zero-order chi connectivity index (χ0) is 33.9. The van der Waals surface area contributed by atoms with Gasteiger partial charge in [-0.05, 0) is 74.3 Å². The van der Waals surface area contributed by atoms with E-state index in [1.165, 1.54) is 11.3 Å². The molecule has 248 valence electrons. The number of hydrogen-bond donors (Lipinski definition) is 1. The first-order valence-corrected chi connectivity index (χ1v) is 17.4. The highest BCUT2D eigenvalue weighted by Gasteiger charge is 2.36. The van der Waals surface area contributed by atoms with Crippen LogP contribution in [0.4, 0.5) is 4.79 Å². The lowest BCUT2D eigenvalue weighted by atomic mass is 9.87. The van der Waals surface area contributed by atoms with Gasteiger partial charge in [0.2, 0.25) is 0 Å². The van der Waals surface area contributed by atoms with Crippen molar-refractivity contribution in [2.75, 3.05) is 13.2 Å². The molecule has 47 heavy (non-hydrogen) atoms. The lowest BCUT2D eigenvalue weighted by molar-refractivity contribution is 0.0491. The van der Waals surface area contributed by atoms with Gasteiger partial charge in [-0.2, -0.15) is 0 Å². The number of Topliss-reactive ketones (excluding diaryl/α,β-unsaturated/α-hetero) is 1. The highest BCUT2D eigenvalue weighted by molar-refractivity contribution is 7.21. The molecule has 0 atom stereocenters. The summed E-state index contributed by atoms with van der Waals surface area (Å²) in [6, 6.07) is 21.1. The Morgan fingerprint density at radius 2 is 1.53 bits per heavy atom. The largest absolute Gasteiger partial charge is 0.494 e. The monoisotopic (exact) mass is 674 g/mol. The number of halogens is 1. The molecule has 5 rings (SSSR count). The molecule has 4 aromatic rings. The minimum absolute atomic E-state index is 0.0117. The quantitative estimate of drug-likeness (QED) is 0.169. The molecule has 9 heteroatoms. The lowest BCUT2D eigenvalue weighted by Crippen LogP contribution is -2.49. The molecule has 0 bridgehead atoms. The van der Waals surface area contributed by atoms with Crippen molar-refractivity contribution in [1.29, 1.82) is 0 Å². The van der Waals surface area contributed by atoms with Gasteiger partial charge in [0.25, 0.3) is 5.91 Å². The van der Waals surface area contributed by atoms with E-state index < -0.39 is 6.09 Å². The fraction of sp³-hybridized carbons (Fsp3) is 0.395. The van der Waals surface area contributed by atoms with E-state index >= 15 is 0 Å². The van der Waals surface area contributed by atoms with Crippen LogP contribution in [-0.2, 0) is 6.54 Å². The molecule has 0 radical (unpaired) electrons. The van der Waals surface area contributed by atoms with Crippen molar-refractivity contribution in [2.45, 2.75) is 78.9 Å². The van der Waals surface area contributed by atoms with Crippen molar-refractivity contribution in [3.63, 3.8) is 0 Å². The number of ketones is 1. The van der Waals surface area contributed by atoms with E-state index in [2.05, 4.69) is 6.07 Å².